The van der Waals surface area contributed by atoms with Crippen molar-refractivity contribution in [1.29, 1.82) is 0 Å². The minimum atomic E-state index is -0.112. The first-order valence-electron chi connectivity index (χ1n) is 6.76. The third-order valence-corrected chi connectivity index (χ3v) is 4.52. The van der Waals surface area contributed by atoms with Crippen LogP contribution in [0.25, 0.3) is 0 Å². The molecule has 0 atom stereocenters. The molecule has 0 aliphatic carbocycles. The number of hydrogen-bond donors (Lipinski definition) is 1. The van der Waals surface area contributed by atoms with Gasteiger partial charge in [-0.2, -0.15) is 0 Å². The Balaban J connectivity index is 2.38. The Hall–Kier alpha value is -1.13. The number of anilines is 1. The van der Waals surface area contributed by atoms with Crippen LogP contribution < -0.4 is 5.32 Å². The summed E-state index contributed by atoms with van der Waals surface area (Å²) < 4.78 is 1.66. The molecule has 2 aromatic rings. The van der Waals surface area contributed by atoms with Crippen molar-refractivity contribution in [2.75, 3.05) is 5.32 Å². The number of carbonyl (C=O) groups is 1. The second-order valence-electron chi connectivity index (χ2n) is 5.27. The predicted molar refractivity (Wildman–Crippen MR) is 95.1 cm³/mol. The molecule has 0 saturated heterocycles. The quantitative estimate of drug-likeness (QED) is 0.670. The number of benzene rings is 2. The van der Waals surface area contributed by atoms with E-state index in [4.69, 9.17) is 0 Å². The fraction of sp³-hybridized carbons (Fsp3) is 0.235. The fourth-order valence-electron chi connectivity index (χ4n) is 2.19. The molecule has 2 nitrogen and oxygen atoms in total. The van der Waals surface area contributed by atoms with Crippen molar-refractivity contribution in [2.24, 2.45) is 0 Å². The van der Waals surface area contributed by atoms with E-state index in [1.165, 1.54) is 0 Å². The number of aryl methyl sites for hydroxylation is 1. The van der Waals surface area contributed by atoms with Gasteiger partial charge in [-0.25, -0.2) is 0 Å². The lowest BCUT2D eigenvalue weighted by molar-refractivity contribution is 0.102. The highest BCUT2D eigenvalue weighted by Crippen LogP contribution is 2.29. The summed E-state index contributed by atoms with van der Waals surface area (Å²) in [5.41, 5.74) is 3.74. The second kappa shape index (κ2) is 6.75. The average Bonchev–Trinajstić information content (AvgIpc) is 2.43. The molecule has 0 unspecified atom stereocenters. The van der Waals surface area contributed by atoms with Gasteiger partial charge in [0.2, 0.25) is 0 Å². The van der Waals surface area contributed by atoms with Gasteiger partial charge in [-0.15, -0.1) is 0 Å². The van der Waals surface area contributed by atoms with Crippen molar-refractivity contribution in [3.8, 4) is 0 Å². The SMILES string of the molecule is Cc1cccc(C(C)C)c1NC(=O)c1cc(Br)ccc1Br. The summed E-state index contributed by atoms with van der Waals surface area (Å²) in [6.45, 7) is 6.26. The van der Waals surface area contributed by atoms with Crippen LogP contribution in [-0.4, -0.2) is 5.91 Å². The van der Waals surface area contributed by atoms with Crippen molar-refractivity contribution in [3.05, 3.63) is 62.0 Å². The van der Waals surface area contributed by atoms with Gasteiger partial charge in [0.25, 0.3) is 5.91 Å². The van der Waals surface area contributed by atoms with Crippen LogP contribution in [0, 0.1) is 6.92 Å². The highest BCUT2D eigenvalue weighted by Gasteiger charge is 2.15. The molecule has 0 aromatic heterocycles. The van der Waals surface area contributed by atoms with Gasteiger partial charge in [-0.1, -0.05) is 48.0 Å². The lowest BCUT2D eigenvalue weighted by atomic mass is 9.98. The van der Waals surface area contributed by atoms with Gasteiger partial charge < -0.3 is 5.32 Å². The zero-order valence-electron chi connectivity index (χ0n) is 12.2. The van der Waals surface area contributed by atoms with Crippen LogP contribution in [0.15, 0.2) is 45.3 Å². The molecule has 0 fully saturated rings. The van der Waals surface area contributed by atoms with Gasteiger partial charge >= 0.3 is 0 Å². The molecule has 0 saturated carbocycles. The number of para-hydroxylation sites is 1. The van der Waals surface area contributed by atoms with E-state index >= 15 is 0 Å². The Morgan fingerprint density at radius 2 is 1.86 bits per heavy atom. The topological polar surface area (TPSA) is 29.1 Å². The zero-order valence-corrected chi connectivity index (χ0v) is 15.4. The molecule has 2 aromatic carbocycles. The van der Waals surface area contributed by atoms with Crippen LogP contribution in [0.1, 0.15) is 41.3 Å². The third-order valence-electron chi connectivity index (χ3n) is 3.34. The highest BCUT2D eigenvalue weighted by atomic mass is 79.9. The van der Waals surface area contributed by atoms with Gasteiger partial charge in [0.1, 0.15) is 0 Å². The number of carbonyl (C=O) groups excluding carboxylic acids is 1. The van der Waals surface area contributed by atoms with E-state index in [0.29, 0.717) is 11.5 Å². The minimum absolute atomic E-state index is 0.112. The van der Waals surface area contributed by atoms with Crippen LogP contribution in [0.2, 0.25) is 0 Å². The van der Waals surface area contributed by atoms with Crippen molar-refractivity contribution in [3.63, 3.8) is 0 Å². The standard InChI is InChI=1S/C17H17Br2NO/c1-10(2)13-6-4-5-11(3)16(13)20-17(21)14-9-12(18)7-8-15(14)19/h4-10H,1-3H3,(H,20,21). The number of nitrogens with one attached hydrogen (secondary N) is 1. The van der Waals surface area contributed by atoms with E-state index in [-0.39, 0.29) is 5.91 Å². The molecule has 4 heteroatoms. The number of rotatable bonds is 3. The van der Waals surface area contributed by atoms with Gasteiger partial charge in [-0.3, -0.25) is 4.79 Å². The summed E-state index contributed by atoms with van der Waals surface area (Å²) >= 11 is 6.83. The van der Waals surface area contributed by atoms with Crippen LogP contribution in [-0.2, 0) is 0 Å². The van der Waals surface area contributed by atoms with E-state index < -0.39 is 0 Å². The molecule has 2 rings (SSSR count). The van der Waals surface area contributed by atoms with Crippen LogP contribution in [0.3, 0.4) is 0 Å². The van der Waals surface area contributed by atoms with Crippen molar-refractivity contribution in [2.45, 2.75) is 26.7 Å². The summed E-state index contributed by atoms with van der Waals surface area (Å²) in [5, 5.41) is 3.05. The van der Waals surface area contributed by atoms with Crippen LogP contribution in [0.5, 0.6) is 0 Å². The van der Waals surface area contributed by atoms with Crippen molar-refractivity contribution >= 4 is 43.5 Å². The molecule has 110 valence electrons. The molecule has 1 amide bonds. The third kappa shape index (κ3) is 3.74. The maximum atomic E-state index is 12.6. The molecule has 0 heterocycles. The molecular weight excluding hydrogens is 394 g/mol. The van der Waals surface area contributed by atoms with Gasteiger partial charge in [-0.05, 0) is 58.1 Å². The number of halogens is 2. The van der Waals surface area contributed by atoms with E-state index in [0.717, 1.165) is 25.8 Å². The number of amides is 1. The maximum absolute atomic E-state index is 12.6. The molecular formula is C17H17Br2NO. The van der Waals surface area contributed by atoms with E-state index in [2.05, 4.69) is 57.1 Å². The largest absolute Gasteiger partial charge is 0.321 e. The Labute approximate surface area is 142 Å². The Morgan fingerprint density at radius 3 is 2.52 bits per heavy atom. The van der Waals surface area contributed by atoms with Gasteiger partial charge in [0.05, 0.1) is 5.56 Å². The first kappa shape index (κ1) is 16.2. The monoisotopic (exact) mass is 409 g/mol. The normalized spacial score (nSPS) is 10.8. The molecule has 21 heavy (non-hydrogen) atoms. The van der Waals surface area contributed by atoms with Crippen LogP contribution in [0.4, 0.5) is 5.69 Å². The average molecular weight is 411 g/mol. The predicted octanol–water partition coefficient (Wildman–Crippen LogP) is 5.90. The first-order chi connectivity index (χ1) is 9.90. The lowest BCUT2D eigenvalue weighted by Crippen LogP contribution is -2.15. The van der Waals surface area contributed by atoms with Gasteiger partial charge in [0.15, 0.2) is 0 Å². The smallest absolute Gasteiger partial charge is 0.256 e. The molecule has 0 aliphatic heterocycles. The van der Waals surface area contributed by atoms with E-state index in [1.54, 1.807) is 0 Å². The molecule has 0 radical (unpaired) electrons. The maximum Gasteiger partial charge on any atom is 0.256 e. The Kier molecular flexibility index (Phi) is 5.22. The van der Waals surface area contributed by atoms with Crippen molar-refractivity contribution < 1.29 is 4.79 Å². The highest BCUT2D eigenvalue weighted by molar-refractivity contribution is 9.11. The number of hydrogen-bond acceptors (Lipinski definition) is 1. The van der Waals surface area contributed by atoms with Gasteiger partial charge in [0, 0.05) is 14.6 Å². The molecule has 0 spiro atoms. The molecule has 0 bridgehead atoms. The zero-order chi connectivity index (χ0) is 15.6. The van der Waals surface area contributed by atoms with Crippen LogP contribution >= 0.6 is 31.9 Å². The summed E-state index contributed by atoms with van der Waals surface area (Å²) in [4.78, 5) is 12.6. The summed E-state index contributed by atoms with van der Waals surface area (Å²) in [7, 11) is 0. The summed E-state index contributed by atoms with van der Waals surface area (Å²) in [5.74, 6) is 0.241. The summed E-state index contributed by atoms with van der Waals surface area (Å²) in [6.07, 6.45) is 0. The van der Waals surface area contributed by atoms with Crippen molar-refractivity contribution in [1.82, 2.24) is 0 Å². The second-order valence-corrected chi connectivity index (χ2v) is 7.04. The fourth-order valence-corrected chi connectivity index (χ4v) is 2.98. The van der Waals surface area contributed by atoms with E-state index in [9.17, 15) is 4.79 Å². The lowest BCUT2D eigenvalue weighted by Gasteiger charge is -2.17. The molecule has 0 aliphatic rings. The molecule has 1 N–H and O–H groups in total. The Bertz CT molecular complexity index is 680. The summed E-state index contributed by atoms with van der Waals surface area (Å²) in [6, 6.07) is 11.7. The van der Waals surface area contributed by atoms with E-state index in [1.807, 2.05) is 37.3 Å². The minimum Gasteiger partial charge on any atom is -0.321 e. The Morgan fingerprint density at radius 1 is 1.14 bits per heavy atom. The first-order valence-corrected chi connectivity index (χ1v) is 8.34.